The number of rotatable bonds is 14. The Bertz CT molecular complexity index is 1030. The number of methoxy groups -OCH3 is 1. The van der Waals surface area contributed by atoms with Gasteiger partial charge in [0.2, 0.25) is 17.7 Å². The summed E-state index contributed by atoms with van der Waals surface area (Å²) in [5.41, 5.74) is 1.07. The van der Waals surface area contributed by atoms with Crippen LogP contribution in [0.15, 0.2) is 47.8 Å². The summed E-state index contributed by atoms with van der Waals surface area (Å²) in [5.74, 6) is -1.37. The normalized spacial score (nSPS) is 15.7. The van der Waals surface area contributed by atoms with E-state index < -0.39 is 17.9 Å². The van der Waals surface area contributed by atoms with Crippen LogP contribution in [0.3, 0.4) is 0 Å². The second kappa shape index (κ2) is 14.5. The Morgan fingerprint density at radius 3 is 2.54 bits per heavy atom. The third kappa shape index (κ3) is 8.40. The number of ether oxygens (including phenoxy) is 2. The highest BCUT2D eigenvalue weighted by Gasteiger charge is 2.40. The third-order valence-corrected chi connectivity index (χ3v) is 7.16. The van der Waals surface area contributed by atoms with E-state index in [0.29, 0.717) is 25.9 Å². The van der Waals surface area contributed by atoms with Crippen molar-refractivity contribution in [2.75, 3.05) is 53.0 Å². The molecule has 2 aromatic rings. The van der Waals surface area contributed by atoms with Crippen LogP contribution in [0, 0.1) is 0 Å². The third-order valence-electron chi connectivity index (χ3n) is 6.22. The maximum atomic E-state index is 13.6. The second-order valence-corrected chi connectivity index (χ2v) is 9.78. The standard InChI is InChI=1S/C27H35N3O6S/c1-3-36-26(33)20-28(15-16-35-2)24(31)18-23-27(34)29(13-11-21-8-5-4-6-9-21)19-25(32)30(23)14-12-22-10-7-17-37-22/h4-10,17,23H,3,11-16,18-20H2,1-2H3. The van der Waals surface area contributed by atoms with Crippen LogP contribution in [0.2, 0.25) is 0 Å². The molecule has 1 unspecified atom stereocenters. The largest absolute Gasteiger partial charge is 0.465 e. The van der Waals surface area contributed by atoms with Crippen molar-refractivity contribution in [3.8, 4) is 0 Å². The Balaban J connectivity index is 1.76. The van der Waals surface area contributed by atoms with Gasteiger partial charge < -0.3 is 24.2 Å². The van der Waals surface area contributed by atoms with Crippen LogP contribution < -0.4 is 0 Å². The molecule has 3 rings (SSSR count). The molecule has 1 aromatic heterocycles. The van der Waals surface area contributed by atoms with Crippen molar-refractivity contribution in [2.45, 2.75) is 32.2 Å². The average molecular weight is 530 g/mol. The molecule has 1 fully saturated rings. The first-order valence-corrected chi connectivity index (χ1v) is 13.4. The maximum Gasteiger partial charge on any atom is 0.325 e. The number of carbonyl (C=O) groups excluding carboxylic acids is 4. The summed E-state index contributed by atoms with van der Waals surface area (Å²) in [7, 11) is 1.51. The van der Waals surface area contributed by atoms with Crippen molar-refractivity contribution in [1.29, 1.82) is 0 Å². The van der Waals surface area contributed by atoms with E-state index in [1.807, 2.05) is 47.8 Å². The van der Waals surface area contributed by atoms with Crippen LogP contribution in [0.25, 0.3) is 0 Å². The molecule has 10 heteroatoms. The summed E-state index contributed by atoms with van der Waals surface area (Å²) in [5, 5.41) is 1.97. The molecule has 200 valence electrons. The van der Waals surface area contributed by atoms with E-state index in [1.54, 1.807) is 23.2 Å². The summed E-state index contributed by atoms with van der Waals surface area (Å²) >= 11 is 1.59. The van der Waals surface area contributed by atoms with Gasteiger partial charge in [-0.3, -0.25) is 19.2 Å². The molecular weight excluding hydrogens is 494 g/mol. The van der Waals surface area contributed by atoms with Crippen LogP contribution in [-0.2, 0) is 41.5 Å². The first kappa shape index (κ1) is 28.3. The van der Waals surface area contributed by atoms with Crippen LogP contribution in [0.5, 0.6) is 0 Å². The van der Waals surface area contributed by atoms with Gasteiger partial charge in [0, 0.05) is 31.6 Å². The SMILES string of the molecule is CCOC(=O)CN(CCOC)C(=O)CC1C(=O)N(CCc2ccccc2)CC(=O)N1CCc1cccs1. The van der Waals surface area contributed by atoms with Crippen molar-refractivity contribution in [3.63, 3.8) is 0 Å². The van der Waals surface area contributed by atoms with Crippen LogP contribution in [0.1, 0.15) is 23.8 Å². The maximum absolute atomic E-state index is 13.6. The number of thiophene rings is 1. The van der Waals surface area contributed by atoms with Crippen molar-refractivity contribution in [2.24, 2.45) is 0 Å². The molecule has 0 saturated carbocycles. The van der Waals surface area contributed by atoms with Gasteiger partial charge in [0.05, 0.1) is 26.2 Å². The minimum Gasteiger partial charge on any atom is -0.465 e. The molecule has 37 heavy (non-hydrogen) atoms. The average Bonchev–Trinajstić information content (AvgIpc) is 3.41. The highest BCUT2D eigenvalue weighted by molar-refractivity contribution is 7.09. The number of hydrogen-bond acceptors (Lipinski definition) is 7. The molecule has 0 bridgehead atoms. The van der Waals surface area contributed by atoms with Gasteiger partial charge in [-0.05, 0) is 36.8 Å². The molecule has 0 radical (unpaired) electrons. The fourth-order valence-electron chi connectivity index (χ4n) is 4.26. The Morgan fingerprint density at radius 2 is 1.86 bits per heavy atom. The van der Waals surface area contributed by atoms with Gasteiger partial charge in [0.25, 0.3) is 0 Å². The number of benzene rings is 1. The lowest BCUT2D eigenvalue weighted by atomic mass is 10.0. The molecule has 2 heterocycles. The molecule has 9 nitrogen and oxygen atoms in total. The Morgan fingerprint density at radius 1 is 1.08 bits per heavy atom. The number of nitrogens with zero attached hydrogens (tertiary/aromatic N) is 3. The molecule has 1 aromatic carbocycles. The molecule has 1 aliphatic rings. The van der Waals surface area contributed by atoms with Gasteiger partial charge >= 0.3 is 5.97 Å². The summed E-state index contributed by atoms with van der Waals surface area (Å²) in [6, 6.07) is 12.8. The van der Waals surface area contributed by atoms with Crippen LogP contribution in [-0.4, -0.2) is 97.5 Å². The van der Waals surface area contributed by atoms with Crippen LogP contribution >= 0.6 is 11.3 Å². The van der Waals surface area contributed by atoms with E-state index in [1.165, 1.54) is 16.9 Å². The van der Waals surface area contributed by atoms with E-state index in [-0.39, 0.29) is 51.1 Å². The van der Waals surface area contributed by atoms with Gasteiger partial charge in [-0.25, -0.2) is 0 Å². The molecule has 1 aliphatic heterocycles. The fraction of sp³-hybridized carbons (Fsp3) is 0.481. The number of esters is 1. The minimum atomic E-state index is -0.934. The molecular formula is C27H35N3O6S. The van der Waals surface area contributed by atoms with Crippen LogP contribution in [0.4, 0.5) is 0 Å². The Labute approximate surface area is 221 Å². The first-order valence-electron chi connectivity index (χ1n) is 12.5. The van der Waals surface area contributed by atoms with E-state index in [4.69, 9.17) is 9.47 Å². The number of hydrogen-bond donors (Lipinski definition) is 0. The summed E-state index contributed by atoms with van der Waals surface area (Å²) in [6.07, 6.45) is 1.00. The van der Waals surface area contributed by atoms with Gasteiger partial charge in [-0.1, -0.05) is 36.4 Å². The zero-order chi connectivity index (χ0) is 26.6. The zero-order valence-electron chi connectivity index (χ0n) is 21.5. The smallest absolute Gasteiger partial charge is 0.325 e. The van der Waals surface area contributed by atoms with Crippen molar-refractivity contribution in [1.82, 2.24) is 14.7 Å². The van der Waals surface area contributed by atoms with Gasteiger partial charge in [0.1, 0.15) is 12.6 Å². The predicted octanol–water partition coefficient (Wildman–Crippen LogP) is 2.00. The molecule has 0 spiro atoms. The van der Waals surface area contributed by atoms with E-state index in [9.17, 15) is 19.2 Å². The monoisotopic (exact) mass is 529 g/mol. The fourth-order valence-corrected chi connectivity index (χ4v) is 4.96. The zero-order valence-corrected chi connectivity index (χ0v) is 22.3. The quantitative estimate of drug-likeness (QED) is 0.348. The predicted molar refractivity (Wildman–Crippen MR) is 140 cm³/mol. The first-order chi connectivity index (χ1) is 17.9. The number of amides is 3. The molecule has 1 saturated heterocycles. The lowest BCUT2D eigenvalue weighted by Crippen LogP contribution is -2.61. The van der Waals surface area contributed by atoms with E-state index in [2.05, 4.69) is 0 Å². The lowest BCUT2D eigenvalue weighted by molar-refractivity contribution is -0.159. The number of carbonyl (C=O) groups is 4. The lowest BCUT2D eigenvalue weighted by Gasteiger charge is -2.40. The number of piperazine rings is 1. The highest BCUT2D eigenvalue weighted by Crippen LogP contribution is 2.20. The van der Waals surface area contributed by atoms with Crippen molar-refractivity contribution >= 4 is 35.0 Å². The van der Waals surface area contributed by atoms with E-state index >= 15 is 0 Å². The summed E-state index contributed by atoms with van der Waals surface area (Å²) < 4.78 is 10.1. The molecule has 0 N–H and O–H groups in total. The summed E-state index contributed by atoms with van der Waals surface area (Å²) in [4.78, 5) is 57.8. The van der Waals surface area contributed by atoms with Gasteiger partial charge in [0.15, 0.2) is 0 Å². The van der Waals surface area contributed by atoms with Gasteiger partial charge in [-0.15, -0.1) is 11.3 Å². The molecule has 1 atom stereocenters. The Kier molecular flexibility index (Phi) is 11.1. The molecule has 3 amide bonds. The highest BCUT2D eigenvalue weighted by atomic mass is 32.1. The Hall–Kier alpha value is -3.24. The molecule has 0 aliphatic carbocycles. The topological polar surface area (TPSA) is 96.5 Å². The summed E-state index contributed by atoms with van der Waals surface area (Å²) in [6.45, 7) is 2.77. The van der Waals surface area contributed by atoms with Crippen molar-refractivity contribution in [3.05, 3.63) is 58.3 Å². The van der Waals surface area contributed by atoms with E-state index in [0.717, 1.165) is 10.4 Å². The second-order valence-electron chi connectivity index (χ2n) is 8.74. The minimum absolute atomic E-state index is 0.0169. The van der Waals surface area contributed by atoms with Gasteiger partial charge in [-0.2, -0.15) is 0 Å². The van der Waals surface area contributed by atoms with Crippen molar-refractivity contribution < 1.29 is 28.7 Å².